The average molecular weight is 361 g/mol. The molecule has 0 aliphatic rings. The van der Waals surface area contributed by atoms with Gasteiger partial charge < -0.3 is 9.67 Å². The summed E-state index contributed by atoms with van der Waals surface area (Å²) in [5.74, 6) is 0.627. The zero-order valence-corrected chi connectivity index (χ0v) is 14.8. The van der Waals surface area contributed by atoms with Gasteiger partial charge in [0.2, 0.25) is 0 Å². The quantitative estimate of drug-likeness (QED) is 0.606. The number of hydrogen-bond donors (Lipinski definition) is 1. The highest BCUT2D eigenvalue weighted by Gasteiger charge is 2.15. The summed E-state index contributed by atoms with van der Waals surface area (Å²) >= 11 is 0. The maximum absolute atomic E-state index is 13.6. The van der Waals surface area contributed by atoms with Gasteiger partial charge in [0.15, 0.2) is 0 Å². The molecule has 1 atom stereocenters. The maximum atomic E-state index is 13.6. The lowest BCUT2D eigenvalue weighted by Crippen LogP contribution is -2.01. The highest BCUT2D eigenvalue weighted by Crippen LogP contribution is 2.26. The van der Waals surface area contributed by atoms with Crippen LogP contribution in [0.5, 0.6) is 0 Å². The molecule has 7 heteroatoms. The van der Waals surface area contributed by atoms with Gasteiger partial charge in [-0.05, 0) is 43.3 Å². The highest BCUT2D eigenvalue weighted by molar-refractivity contribution is 5.79. The van der Waals surface area contributed by atoms with Crippen molar-refractivity contribution in [3.05, 3.63) is 66.0 Å². The number of rotatable bonds is 3. The van der Waals surface area contributed by atoms with Gasteiger partial charge in [-0.15, -0.1) is 0 Å². The summed E-state index contributed by atoms with van der Waals surface area (Å²) < 4.78 is 17.3. The molecule has 1 N–H and O–H groups in total. The summed E-state index contributed by atoms with van der Waals surface area (Å²) in [5.41, 5.74) is 3.10. The number of nitriles is 1. The second-order valence-electron chi connectivity index (χ2n) is 6.31. The van der Waals surface area contributed by atoms with Crippen molar-refractivity contribution in [1.82, 2.24) is 19.1 Å². The van der Waals surface area contributed by atoms with Gasteiger partial charge in [0.05, 0.1) is 16.6 Å². The van der Waals surface area contributed by atoms with Crippen LogP contribution in [0.4, 0.5) is 4.39 Å². The number of aryl methyl sites for hydroxylation is 1. The Morgan fingerprint density at radius 1 is 1.22 bits per heavy atom. The Hall–Kier alpha value is -3.50. The van der Waals surface area contributed by atoms with Gasteiger partial charge >= 0.3 is 0 Å². The second-order valence-corrected chi connectivity index (χ2v) is 6.31. The number of fused-ring (bicyclic) bond motifs is 1. The largest absolute Gasteiger partial charge is 0.385 e. The molecular weight excluding hydrogens is 345 g/mol. The van der Waals surface area contributed by atoms with Crippen LogP contribution in [0.1, 0.15) is 24.4 Å². The Labute approximate surface area is 154 Å². The number of nitrogens with zero attached hydrogens (tertiary/aromatic N) is 5. The lowest BCUT2D eigenvalue weighted by Gasteiger charge is -2.09. The van der Waals surface area contributed by atoms with Crippen molar-refractivity contribution in [3.63, 3.8) is 0 Å². The van der Waals surface area contributed by atoms with Gasteiger partial charge in [0.1, 0.15) is 29.6 Å². The summed E-state index contributed by atoms with van der Waals surface area (Å²) in [6.45, 7) is 1.68. The third-order valence-corrected chi connectivity index (χ3v) is 4.54. The van der Waals surface area contributed by atoms with Crippen LogP contribution in [0.2, 0.25) is 0 Å². The van der Waals surface area contributed by atoms with Gasteiger partial charge in [-0.1, -0.05) is 0 Å². The van der Waals surface area contributed by atoms with Crippen LogP contribution in [0.25, 0.3) is 28.1 Å². The van der Waals surface area contributed by atoms with Gasteiger partial charge in [0.25, 0.3) is 0 Å². The van der Waals surface area contributed by atoms with Gasteiger partial charge in [-0.3, -0.25) is 4.57 Å². The SMILES string of the molecule is CC(O)c1nc2cc(-n3ccnc3-c3ccc(F)c(C#N)c3)ccc2n1C. The topological polar surface area (TPSA) is 79.7 Å². The third-order valence-electron chi connectivity index (χ3n) is 4.54. The third kappa shape index (κ3) is 2.76. The average Bonchev–Trinajstić information content (AvgIpc) is 3.27. The zero-order chi connectivity index (χ0) is 19.1. The molecule has 0 saturated heterocycles. The molecule has 0 fully saturated rings. The monoisotopic (exact) mass is 361 g/mol. The van der Waals surface area contributed by atoms with E-state index in [9.17, 15) is 9.50 Å². The van der Waals surface area contributed by atoms with E-state index in [1.807, 2.05) is 40.5 Å². The first-order valence-corrected chi connectivity index (χ1v) is 8.38. The Kier molecular flexibility index (Phi) is 3.98. The number of benzene rings is 2. The Bertz CT molecular complexity index is 1200. The summed E-state index contributed by atoms with van der Waals surface area (Å²) in [6, 6.07) is 12.0. The molecule has 4 aromatic rings. The summed E-state index contributed by atoms with van der Waals surface area (Å²) in [4.78, 5) is 8.87. The van der Waals surface area contributed by atoms with Gasteiger partial charge in [-0.2, -0.15) is 5.26 Å². The normalized spacial score (nSPS) is 12.3. The lowest BCUT2D eigenvalue weighted by atomic mass is 10.1. The van der Waals surface area contributed by atoms with Crippen LogP contribution in [0.15, 0.2) is 48.8 Å². The number of aliphatic hydroxyl groups excluding tert-OH is 1. The molecule has 2 aromatic carbocycles. The zero-order valence-electron chi connectivity index (χ0n) is 14.8. The van der Waals surface area contributed by atoms with E-state index in [0.717, 1.165) is 16.7 Å². The molecule has 4 rings (SSSR count). The Morgan fingerprint density at radius 2 is 2.04 bits per heavy atom. The number of aliphatic hydroxyl groups is 1. The van der Waals surface area contributed by atoms with Crippen molar-refractivity contribution in [3.8, 4) is 23.1 Å². The molecule has 0 spiro atoms. The standard InChI is InChI=1S/C20H16FN5O/c1-12(27)19-24-17-10-15(4-6-18(17)25(19)2)26-8-7-23-20(26)13-3-5-16(21)14(9-13)11-22/h3-10,12,27H,1-2H3. The van der Waals surface area contributed by atoms with Crippen molar-refractivity contribution >= 4 is 11.0 Å². The van der Waals surface area contributed by atoms with Crippen molar-refractivity contribution < 1.29 is 9.50 Å². The van der Waals surface area contributed by atoms with E-state index >= 15 is 0 Å². The molecular formula is C20H16FN5O. The molecule has 0 saturated carbocycles. The summed E-state index contributed by atoms with van der Waals surface area (Å²) in [6.07, 6.45) is 2.78. The van der Waals surface area contributed by atoms with E-state index in [1.54, 1.807) is 25.4 Å². The smallest absolute Gasteiger partial charge is 0.144 e. The molecule has 6 nitrogen and oxygen atoms in total. The van der Waals surface area contributed by atoms with E-state index in [0.29, 0.717) is 17.2 Å². The minimum atomic E-state index is -0.668. The fraction of sp³-hybridized carbons (Fsp3) is 0.150. The molecule has 0 bridgehead atoms. The fourth-order valence-corrected chi connectivity index (χ4v) is 3.21. The predicted molar refractivity (Wildman–Crippen MR) is 98.6 cm³/mol. The number of halogens is 1. The molecule has 0 amide bonds. The summed E-state index contributed by atoms with van der Waals surface area (Å²) in [7, 11) is 1.86. The molecule has 2 heterocycles. The molecule has 134 valence electrons. The maximum Gasteiger partial charge on any atom is 0.144 e. The molecule has 2 aromatic heterocycles. The molecule has 0 radical (unpaired) electrons. The summed E-state index contributed by atoms with van der Waals surface area (Å²) in [5, 5.41) is 18.9. The fourth-order valence-electron chi connectivity index (χ4n) is 3.21. The van der Waals surface area contributed by atoms with Crippen molar-refractivity contribution in [2.45, 2.75) is 13.0 Å². The minimum Gasteiger partial charge on any atom is -0.385 e. The number of imidazole rings is 2. The molecule has 1 unspecified atom stereocenters. The van der Waals surface area contributed by atoms with Crippen molar-refractivity contribution in [2.24, 2.45) is 7.05 Å². The number of aromatic nitrogens is 4. The van der Waals surface area contributed by atoms with Crippen LogP contribution >= 0.6 is 0 Å². The van der Waals surface area contributed by atoms with E-state index in [2.05, 4.69) is 9.97 Å². The molecule has 27 heavy (non-hydrogen) atoms. The first kappa shape index (κ1) is 16.9. The lowest BCUT2D eigenvalue weighted by molar-refractivity contribution is 0.186. The first-order valence-electron chi connectivity index (χ1n) is 8.38. The Balaban J connectivity index is 1.84. The van der Waals surface area contributed by atoms with Crippen molar-refractivity contribution in [1.29, 1.82) is 5.26 Å². The Morgan fingerprint density at radius 3 is 2.78 bits per heavy atom. The van der Waals surface area contributed by atoms with Crippen molar-refractivity contribution in [2.75, 3.05) is 0 Å². The van der Waals surface area contributed by atoms with E-state index in [-0.39, 0.29) is 5.56 Å². The van der Waals surface area contributed by atoms with Crippen LogP contribution in [-0.2, 0) is 7.05 Å². The molecule has 0 aliphatic heterocycles. The first-order chi connectivity index (χ1) is 13.0. The van der Waals surface area contributed by atoms with Crippen LogP contribution in [0, 0.1) is 17.1 Å². The molecule has 0 aliphatic carbocycles. The van der Waals surface area contributed by atoms with E-state index in [1.165, 1.54) is 12.1 Å². The van der Waals surface area contributed by atoms with E-state index < -0.39 is 11.9 Å². The van der Waals surface area contributed by atoms with E-state index in [4.69, 9.17) is 5.26 Å². The number of hydrogen-bond acceptors (Lipinski definition) is 4. The predicted octanol–water partition coefficient (Wildman–Crippen LogP) is 3.49. The van der Waals surface area contributed by atoms with Gasteiger partial charge in [0, 0.05) is 30.7 Å². The van der Waals surface area contributed by atoms with Crippen LogP contribution < -0.4 is 0 Å². The van der Waals surface area contributed by atoms with Gasteiger partial charge in [-0.25, -0.2) is 14.4 Å². The highest BCUT2D eigenvalue weighted by atomic mass is 19.1. The van der Waals surface area contributed by atoms with Crippen LogP contribution in [0.3, 0.4) is 0 Å². The second kappa shape index (κ2) is 6.34. The minimum absolute atomic E-state index is 0.0243. The van der Waals surface area contributed by atoms with Crippen LogP contribution in [-0.4, -0.2) is 24.2 Å².